The van der Waals surface area contributed by atoms with E-state index in [0.717, 1.165) is 23.7 Å². The number of H-pyrrole nitrogens is 1. The molecule has 3 N–H and O–H groups in total. The molecule has 1 aliphatic carbocycles. The molecule has 0 aliphatic heterocycles. The summed E-state index contributed by atoms with van der Waals surface area (Å²) in [4.78, 5) is 27.2. The average molecular weight is 334 g/mol. The van der Waals surface area contributed by atoms with Crippen molar-refractivity contribution >= 4 is 28.5 Å². The molecule has 2 aromatic carbocycles. The van der Waals surface area contributed by atoms with E-state index in [2.05, 4.69) is 16.4 Å². The van der Waals surface area contributed by atoms with Gasteiger partial charge >= 0.3 is 5.97 Å². The van der Waals surface area contributed by atoms with Gasteiger partial charge in [0.1, 0.15) is 0 Å². The molecular formula is C20H18N2O3. The van der Waals surface area contributed by atoms with Crippen LogP contribution in [0.25, 0.3) is 10.9 Å². The van der Waals surface area contributed by atoms with E-state index < -0.39 is 5.97 Å². The number of aromatic amines is 1. The standard InChI is InChI=1S/C20H18N2O3/c23-19(21-13-6-3-5-12(11-13)20(24)25)16-9-4-8-15-14-7-1-2-10-17(14)22-18(15)16/h3-6,8-9,11,22H,1-2,7,10H2,(H,21,23)(H,24,25). The number of carbonyl (C=O) groups excluding carboxylic acids is 1. The number of carbonyl (C=O) groups is 2. The number of para-hydroxylation sites is 1. The van der Waals surface area contributed by atoms with Crippen LogP contribution in [0.4, 0.5) is 5.69 Å². The van der Waals surface area contributed by atoms with Crippen molar-refractivity contribution in [3.8, 4) is 0 Å². The fraction of sp³-hybridized carbons (Fsp3) is 0.200. The Labute approximate surface area is 144 Å². The highest BCUT2D eigenvalue weighted by Crippen LogP contribution is 2.31. The number of carboxylic acid groups (broad SMARTS) is 1. The molecule has 25 heavy (non-hydrogen) atoms. The largest absolute Gasteiger partial charge is 0.478 e. The van der Waals surface area contributed by atoms with Gasteiger partial charge in [-0.15, -0.1) is 0 Å². The topological polar surface area (TPSA) is 82.2 Å². The van der Waals surface area contributed by atoms with Crippen LogP contribution in [0.5, 0.6) is 0 Å². The maximum atomic E-state index is 12.7. The van der Waals surface area contributed by atoms with E-state index >= 15 is 0 Å². The highest BCUT2D eigenvalue weighted by molar-refractivity contribution is 6.12. The third-order valence-corrected chi connectivity index (χ3v) is 4.75. The lowest BCUT2D eigenvalue weighted by molar-refractivity contribution is 0.0696. The summed E-state index contributed by atoms with van der Waals surface area (Å²) in [7, 11) is 0. The fourth-order valence-electron chi connectivity index (χ4n) is 3.55. The van der Waals surface area contributed by atoms with Crippen molar-refractivity contribution in [3.63, 3.8) is 0 Å². The third kappa shape index (κ3) is 2.78. The van der Waals surface area contributed by atoms with Gasteiger partial charge in [0.2, 0.25) is 0 Å². The SMILES string of the molecule is O=C(O)c1cccc(NC(=O)c2cccc3c4c([nH]c23)CCCC4)c1. The summed E-state index contributed by atoms with van der Waals surface area (Å²) in [5.74, 6) is -1.26. The van der Waals surface area contributed by atoms with Gasteiger partial charge in [-0.1, -0.05) is 18.2 Å². The quantitative estimate of drug-likeness (QED) is 0.677. The van der Waals surface area contributed by atoms with Gasteiger partial charge < -0.3 is 15.4 Å². The number of fused-ring (bicyclic) bond motifs is 3. The van der Waals surface area contributed by atoms with Crippen LogP contribution in [0.15, 0.2) is 42.5 Å². The summed E-state index contributed by atoms with van der Waals surface area (Å²) < 4.78 is 0. The normalized spacial score (nSPS) is 13.4. The first kappa shape index (κ1) is 15.4. The number of aryl methyl sites for hydroxylation is 2. The van der Waals surface area contributed by atoms with Gasteiger partial charge in [0.05, 0.1) is 16.6 Å². The number of aromatic carboxylic acids is 1. The molecule has 5 nitrogen and oxygen atoms in total. The van der Waals surface area contributed by atoms with Crippen LogP contribution in [0.3, 0.4) is 0 Å². The molecule has 5 heteroatoms. The second kappa shape index (κ2) is 6.09. The predicted octanol–water partition coefficient (Wildman–Crippen LogP) is 4.00. The number of nitrogens with one attached hydrogen (secondary N) is 2. The minimum absolute atomic E-state index is 0.145. The molecule has 0 saturated heterocycles. The van der Waals surface area contributed by atoms with Gasteiger partial charge in [0.25, 0.3) is 5.91 Å². The zero-order chi connectivity index (χ0) is 17.4. The first-order valence-corrected chi connectivity index (χ1v) is 8.40. The molecule has 0 unspecified atom stereocenters. The summed E-state index contributed by atoms with van der Waals surface area (Å²) in [5, 5.41) is 13.0. The fourth-order valence-corrected chi connectivity index (χ4v) is 3.55. The van der Waals surface area contributed by atoms with Crippen LogP contribution in [0, 0.1) is 0 Å². The number of anilines is 1. The Hall–Kier alpha value is -3.08. The second-order valence-electron chi connectivity index (χ2n) is 6.36. The lowest BCUT2D eigenvalue weighted by Gasteiger charge is -2.10. The predicted molar refractivity (Wildman–Crippen MR) is 96.3 cm³/mol. The lowest BCUT2D eigenvalue weighted by Crippen LogP contribution is -2.13. The Bertz CT molecular complexity index is 988. The molecule has 3 aromatic rings. The van der Waals surface area contributed by atoms with E-state index in [1.54, 1.807) is 18.2 Å². The minimum atomic E-state index is -1.02. The van der Waals surface area contributed by atoms with E-state index in [0.29, 0.717) is 11.3 Å². The van der Waals surface area contributed by atoms with Crippen molar-refractivity contribution in [2.75, 3.05) is 5.32 Å². The number of carboxylic acids is 1. The molecule has 0 radical (unpaired) electrons. The van der Waals surface area contributed by atoms with E-state index in [9.17, 15) is 9.59 Å². The van der Waals surface area contributed by atoms with Crippen molar-refractivity contribution in [3.05, 3.63) is 64.8 Å². The van der Waals surface area contributed by atoms with Gasteiger partial charge in [0.15, 0.2) is 0 Å². The third-order valence-electron chi connectivity index (χ3n) is 4.75. The van der Waals surface area contributed by atoms with Gasteiger partial charge in [-0.2, -0.15) is 0 Å². The number of amides is 1. The van der Waals surface area contributed by atoms with Gasteiger partial charge in [-0.05, 0) is 55.5 Å². The average Bonchev–Trinajstić information content (AvgIpc) is 3.00. The van der Waals surface area contributed by atoms with Crippen molar-refractivity contribution in [2.24, 2.45) is 0 Å². The molecule has 1 aliphatic rings. The van der Waals surface area contributed by atoms with E-state index in [1.165, 1.54) is 36.2 Å². The van der Waals surface area contributed by atoms with Crippen LogP contribution in [-0.2, 0) is 12.8 Å². The van der Waals surface area contributed by atoms with Crippen molar-refractivity contribution in [1.82, 2.24) is 4.98 Å². The van der Waals surface area contributed by atoms with Gasteiger partial charge in [0, 0.05) is 16.8 Å². The summed E-state index contributed by atoms with van der Waals surface area (Å²) in [6, 6.07) is 12.0. The Morgan fingerprint density at radius 1 is 1.04 bits per heavy atom. The number of hydrogen-bond donors (Lipinski definition) is 3. The molecule has 0 spiro atoms. The Morgan fingerprint density at radius 2 is 1.84 bits per heavy atom. The number of benzene rings is 2. The van der Waals surface area contributed by atoms with E-state index in [-0.39, 0.29) is 11.5 Å². The van der Waals surface area contributed by atoms with Crippen LogP contribution in [0.2, 0.25) is 0 Å². The van der Waals surface area contributed by atoms with Crippen LogP contribution < -0.4 is 5.32 Å². The lowest BCUT2D eigenvalue weighted by atomic mass is 9.95. The maximum Gasteiger partial charge on any atom is 0.335 e. The van der Waals surface area contributed by atoms with Gasteiger partial charge in [-0.25, -0.2) is 4.79 Å². The minimum Gasteiger partial charge on any atom is -0.478 e. The van der Waals surface area contributed by atoms with Crippen LogP contribution >= 0.6 is 0 Å². The highest BCUT2D eigenvalue weighted by Gasteiger charge is 2.19. The Balaban J connectivity index is 1.70. The van der Waals surface area contributed by atoms with E-state index in [1.807, 2.05) is 6.07 Å². The molecule has 126 valence electrons. The zero-order valence-corrected chi connectivity index (χ0v) is 13.6. The highest BCUT2D eigenvalue weighted by atomic mass is 16.4. The zero-order valence-electron chi connectivity index (χ0n) is 13.6. The van der Waals surface area contributed by atoms with Gasteiger partial charge in [-0.3, -0.25) is 4.79 Å². The molecule has 1 amide bonds. The van der Waals surface area contributed by atoms with Crippen LogP contribution in [-0.4, -0.2) is 22.0 Å². The smallest absolute Gasteiger partial charge is 0.335 e. The number of hydrogen-bond acceptors (Lipinski definition) is 2. The summed E-state index contributed by atoms with van der Waals surface area (Å²) >= 11 is 0. The molecular weight excluding hydrogens is 316 g/mol. The number of aromatic nitrogens is 1. The van der Waals surface area contributed by atoms with Crippen molar-refractivity contribution in [1.29, 1.82) is 0 Å². The Kier molecular flexibility index (Phi) is 3.76. The maximum absolute atomic E-state index is 12.7. The van der Waals surface area contributed by atoms with Crippen molar-refractivity contribution < 1.29 is 14.7 Å². The van der Waals surface area contributed by atoms with E-state index in [4.69, 9.17) is 5.11 Å². The molecule has 4 rings (SSSR count). The van der Waals surface area contributed by atoms with Crippen molar-refractivity contribution in [2.45, 2.75) is 25.7 Å². The molecule has 0 atom stereocenters. The molecule has 1 aromatic heterocycles. The molecule has 0 bridgehead atoms. The first-order chi connectivity index (χ1) is 12.1. The summed E-state index contributed by atoms with van der Waals surface area (Å²) in [6.07, 6.45) is 4.41. The molecule has 1 heterocycles. The molecule has 0 fully saturated rings. The van der Waals surface area contributed by atoms with Crippen LogP contribution in [0.1, 0.15) is 44.8 Å². The second-order valence-corrected chi connectivity index (χ2v) is 6.36. The summed E-state index contributed by atoms with van der Waals surface area (Å²) in [5.41, 5.74) is 4.61. The summed E-state index contributed by atoms with van der Waals surface area (Å²) in [6.45, 7) is 0. The first-order valence-electron chi connectivity index (χ1n) is 8.40. The number of rotatable bonds is 3. The Morgan fingerprint density at radius 3 is 2.68 bits per heavy atom. The molecule has 0 saturated carbocycles. The monoisotopic (exact) mass is 334 g/mol.